The monoisotopic (exact) mass is 470 g/mol. The van der Waals surface area contributed by atoms with Gasteiger partial charge in [-0.3, -0.25) is 9.52 Å². The Balaban J connectivity index is 1.71. The van der Waals surface area contributed by atoms with Crippen molar-refractivity contribution in [3.63, 3.8) is 0 Å². The highest BCUT2D eigenvalue weighted by Gasteiger charge is 2.40. The van der Waals surface area contributed by atoms with Crippen LogP contribution in [-0.2, 0) is 14.3 Å². The molecule has 0 bridgehead atoms. The van der Waals surface area contributed by atoms with E-state index in [1.165, 1.54) is 0 Å². The topological polar surface area (TPSA) is 60.0 Å². The van der Waals surface area contributed by atoms with Crippen LogP contribution in [0.15, 0.2) is 18.2 Å². The van der Waals surface area contributed by atoms with Crippen LogP contribution in [0, 0.1) is 5.92 Å². The molecule has 0 aliphatic carbocycles. The fourth-order valence-corrected chi connectivity index (χ4v) is 5.05. The first kappa shape index (κ1) is 24.6. The maximum absolute atomic E-state index is 12.9. The van der Waals surface area contributed by atoms with Gasteiger partial charge in [-0.1, -0.05) is 23.5 Å². The molecule has 0 aromatic heterocycles. The van der Waals surface area contributed by atoms with Gasteiger partial charge >= 0.3 is 0 Å². The Morgan fingerprint density at radius 1 is 1.32 bits per heavy atom. The zero-order chi connectivity index (χ0) is 22.8. The van der Waals surface area contributed by atoms with Crippen molar-refractivity contribution in [2.45, 2.75) is 70.1 Å². The molecule has 2 aliphatic rings. The predicted octanol–water partition coefficient (Wildman–Crippen LogP) is 4.82. The van der Waals surface area contributed by atoms with Gasteiger partial charge in [0.2, 0.25) is 0 Å². The number of rotatable bonds is 6. The molecule has 2 unspecified atom stereocenters. The lowest BCUT2D eigenvalue weighted by molar-refractivity contribution is -0.161. The molecule has 2 fully saturated rings. The molecule has 1 N–H and O–H groups in total. The SMILES string of the molecule is COc1ccc(Cl)cc1C(NSC(C)(C)C)C1CCN(C(=O)C2COC(C)(C)O2)CC1. The molecule has 1 aromatic rings. The molecule has 2 atom stereocenters. The number of hydrogen-bond acceptors (Lipinski definition) is 6. The first-order valence-electron chi connectivity index (χ1n) is 10.9. The molecule has 8 heteroatoms. The molecule has 2 aliphatic heterocycles. The quantitative estimate of drug-likeness (QED) is 0.601. The average molecular weight is 471 g/mol. The number of benzene rings is 1. The number of amides is 1. The van der Waals surface area contributed by atoms with Gasteiger partial charge in [-0.2, -0.15) is 0 Å². The first-order valence-corrected chi connectivity index (χ1v) is 12.1. The van der Waals surface area contributed by atoms with Crippen LogP contribution in [0.4, 0.5) is 0 Å². The highest BCUT2D eigenvalue weighted by Crippen LogP contribution is 2.39. The maximum Gasteiger partial charge on any atom is 0.254 e. The number of piperidine rings is 1. The van der Waals surface area contributed by atoms with E-state index in [2.05, 4.69) is 25.5 Å². The van der Waals surface area contributed by atoms with Crippen molar-refractivity contribution in [2.24, 2.45) is 5.92 Å². The second-order valence-electron chi connectivity index (χ2n) is 9.68. The van der Waals surface area contributed by atoms with Crippen molar-refractivity contribution < 1.29 is 19.0 Å². The lowest BCUT2D eigenvalue weighted by Crippen LogP contribution is -2.46. The lowest BCUT2D eigenvalue weighted by atomic mass is 9.85. The third kappa shape index (κ3) is 6.51. The molecule has 0 spiro atoms. The number of halogens is 1. The molecule has 1 amide bonds. The number of methoxy groups -OCH3 is 1. The number of hydrogen-bond donors (Lipinski definition) is 1. The number of ether oxygens (including phenoxy) is 3. The van der Waals surface area contributed by atoms with Crippen molar-refractivity contribution >= 4 is 29.5 Å². The summed E-state index contributed by atoms with van der Waals surface area (Å²) in [6.45, 7) is 12.0. The maximum atomic E-state index is 12.9. The summed E-state index contributed by atoms with van der Waals surface area (Å²) in [7, 11) is 1.69. The van der Waals surface area contributed by atoms with E-state index < -0.39 is 11.9 Å². The fraction of sp³-hybridized carbons (Fsp3) is 0.696. The van der Waals surface area contributed by atoms with E-state index >= 15 is 0 Å². The Morgan fingerprint density at radius 3 is 2.55 bits per heavy atom. The summed E-state index contributed by atoms with van der Waals surface area (Å²) in [6, 6.07) is 5.83. The standard InChI is InChI=1S/C23H35ClN2O4S/c1-22(2,3)31-25-20(17-13-16(24)7-8-18(17)28-6)15-9-11-26(12-10-15)21(27)19-14-29-23(4,5)30-19/h7-8,13,15,19-20,25H,9-12,14H2,1-6H3. The van der Waals surface area contributed by atoms with Gasteiger partial charge in [0.05, 0.1) is 13.7 Å². The van der Waals surface area contributed by atoms with Crippen molar-refractivity contribution in [2.75, 3.05) is 26.8 Å². The van der Waals surface area contributed by atoms with Gasteiger partial charge in [0.1, 0.15) is 5.75 Å². The third-order valence-corrected chi connectivity index (χ3v) is 6.84. The number of likely N-dealkylation sites (tertiary alicyclic amines) is 1. The van der Waals surface area contributed by atoms with Gasteiger partial charge in [0, 0.05) is 34.5 Å². The van der Waals surface area contributed by atoms with Crippen LogP contribution < -0.4 is 9.46 Å². The minimum absolute atomic E-state index is 0.0259. The van der Waals surface area contributed by atoms with Crippen LogP contribution >= 0.6 is 23.5 Å². The summed E-state index contributed by atoms with van der Waals surface area (Å²) in [5, 5.41) is 0.692. The van der Waals surface area contributed by atoms with E-state index in [1.54, 1.807) is 19.1 Å². The van der Waals surface area contributed by atoms with Crippen molar-refractivity contribution in [3.8, 4) is 5.75 Å². The van der Waals surface area contributed by atoms with Gasteiger partial charge in [-0.15, -0.1) is 0 Å². The Morgan fingerprint density at radius 2 is 2.00 bits per heavy atom. The number of carbonyl (C=O) groups is 1. The van der Waals surface area contributed by atoms with Crippen molar-refractivity contribution in [3.05, 3.63) is 28.8 Å². The van der Waals surface area contributed by atoms with Crippen LogP contribution in [0.3, 0.4) is 0 Å². The van der Waals surface area contributed by atoms with Crippen molar-refractivity contribution in [1.82, 2.24) is 9.62 Å². The first-order chi connectivity index (χ1) is 14.5. The molecule has 2 saturated heterocycles. The van der Waals surface area contributed by atoms with E-state index in [4.69, 9.17) is 25.8 Å². The largest absolute Gasteiger partial charge is 0.496 e. The normalized spacial score (nSPS) is 23.1. The Labute approximate surface area is 195 Å². The van der Waals surface area contributed by atoms with Gasteiger partial charge in [-0.25, -0.2) is 0 Å². The van der Waals surface area contributed by atoms with E-state index in [-0.39, 0.29) is 16.7 Å². The summed E-state index contributed by atoms with van der Waals surface area (Å²) < 4.78 is 20.7. The highest BCUT2D eigenvalue weighted by atomic mass is 35.5. The molecule has 31 heavy (non-hydrogen) atoms. The molecule has 0 saturated carbocycles. The van der Waals surface area contributed by atoms with Crippen LogP contribution in [0.2, 0.25) is 5.02 Å². The minimum atomic E-state index is -0.693. The third-order valence-electron chi connectivity index (χ3n) is 5.63. The zero-order valence-electron chi connectivity index (χ0n) is 19.4. The number of nitrogens with one attached hydrogen (secondary N) is 1. The molecular weight excluding hydrogens is 436 g/mol. The van der Waals surface area contributed by atoms with Crippen LogP contribution in [-0.4, -0.2) is 54.3 Å². The molecule has 2 heterocycles. The number of carbonyl (C=O) groups excluding carboxylic acids is 1. The van der Waals surface area contributed by atoms with Crippen molar-refractivity contribution in [1.29, 1.82) is 0 Å². The molecule has 6 nitrogen and oxygen atoms in total. The second-order valence-corrected chi connectivity index (χ2v) is 11.8. The number of nitrogens with zero attached hydrogens (tertiary/aromatic N) is 1. The second kappa shape index (κ2) is 9.87. The Bertz CT molecular complexity index is 775. The summed E-state index contributed by atoms with van der Waals surface area (Å²) in [4.78, 5) is 14.8. The smallest absolute Gasteiger partial charge is 0.254 e. The Hall–Kier alpha value is -0.990. The van der Waals surface area contributed by atoms with Crippen LogP contribution in [0.1, 0.15) is 59.1 Å². The molecular formula is C23H35ClN2O4S. The predicted molar refractivity (Wildman–Crippen MR) is 125 cm³/mol. The van der Waals surface area contributed by atoms with E-state index in [0.29, 0.717) is 30.6 Å². The molecule has 3 rings (SSSR count). The summed E-state index contributed by atoms with van der Waals surface area (Å²) >= 11 is 8.06. The van der Waals surface area contributed by atoms with Gasteiger partial charge in [0.15, 0.2) is 11.9 Å². The van der Waals surface area contributed by atoms with E-state index in [0.717, 1.165) is 24.2 Å². The average Bonchev–Trinajstić information content (AvgIpc) is 3.07. The summed E-state index contributed by atoms with van der Waals surface area (Å²) in [5.74, 6) is 0.510. The highest BCUT2D eigenvalue weighted by molar-refractivity contribution is 7.98. The van der Waals surface area contributed by atoms with Gasteiger partial charge in [-0.05, 0) is 71.6 Å². The van der Waals surface area contributed by atoms with Crippen LogP contribution in [0.25, 0.3) is 0 Å². The van der Waals surface area contributed by atoms with Gasteiger partial charge < -0.3 is 19.1 Å². The molecule has 0 radical (unpaired) electrons. The van der Waals surface area contributed by atoms with Gasteiger partial charge in [0.25, 0.3) is 5.91 Å². The summed E-state index contributed by atoms with van der Waals surface area (Å²) in [5.41, 5.74) is 1.06. The summed E-state index contributed by atoms with van der Waals surface area (Å²) in [6.07, 6.45) is 1.27. The Kier molecular flexibility index (Phi) is 7.85. The van der Waals surface area contributed by atoms with E-state index in [9.17, 15) is 4.79 Å². The zero-order valence-corrected chi connectivity index (χ0v) is 20.9. The fourth-order valence-electron chi connectivity index (χ4n) is 4.07. The van der Waals surface area contributed by atoms with Crippen LogP contribution in [0.5, 0.6) is 5.75 Å². The molecule has 174 valence electrons. The van der Waals surface area contributed by atoms with E-state index in [1.807, 2.05) is 36.9 Å². The molecule has 1 aromatic carbocycles. The lowest BCUT2D eigenvalue weighted by Gasteiger charge is -2.38. The minimum Gasteiger partial charge on any atom is -0.496 e.